The number of carbonyl (C=O) groups is 1. The van der Waals surface area contributed by atoms with Crippen LogP contribution in [0.3, 0.4) is 0 Å². The maximum Gasteiger partial charge on any atom is 0.406 e. The zero-order valence-corrected chi connectivity index (χ0v) is 7.67. The summed E-state index contributed by atoms with van der Waals surface area (Å²) in [5.41, 5.74) is 0. The second-order valence-electron chi connectivity index (χ2n) is 2.96. The predicted molar refractivity (Wildman–Crippen MR) is 39.1 cm³/mol. The van der Waals surface area contributed by atoms with Crippen LogP contribution in [-0.4, -0.2) is 43.5 Å². The van der Waals surface area contributed by atoms with Gasteiger partial charge in [0.25, 0.3) is 0 Å². The van der Waals surface area contributed by atoms with Crippen molar-refractivity contribution in [1.82, 2.24) is 5.06 Å². The fourth-order valence-electron chi connectivity index (χ4n) is 1.28. The van der Waals surface area contributed by atoms with Gasteiger partial charge in [-0.25, -0.2) is 4.79 Å². The van der Waals surface area contributed by atoms with Crippen LogP contribution in [0.2, 0.25) is 0 Å². The van der Waals surface area contributed by atoms with E-state index in [2.05, 4.69) is 4.74 Å². The molecule has 1 rings (SSSR count). The van der Waals surface area contributed by atoms with E-state index in [1.807, 2.05) is 0 Å². The van der Waals surface area contributed by atoms with Crippen LogP contribution in [0.5, 0.6) is 0 Å². The Balaban J connectivity index is 2.65. The minimum atomic E-state index is -4.39. The first-order valence-electron chi connectivity index (χ1n) is 3.90. The Morgan fingerprint density at radius 2 is 2.14 bits per heavy atom. The van der Waals surface area contributed by atoms with E-state index >= 15 is 0 Å². The van der Waals surface area contributed by atoms with Gasteiger partial charge < -0.3 is 4.74 Å². The highest BCUT2D eigenvalue weighted by Gasteiger charge is 2.50. The summed E-state index contributed by atoms with van der Waals surface area (Å²) in [7, 11) is 2.24. The zero-order chi connectivity index (χ0) is 10.9. The Morgan fingerprint density at radius 1 is 1.57 bits per heavy atom. The Bertz CT molecular complexity index is 231. The van der Waals surface area contributed by atoms with Crippen molar-refractivity contribution < 1.29 is 27.5 Å². The molecule has 14 heavy (non-hydrogen) atoms. The molecule has 4 nitrogen and oxygen atoms in total. The first-order chi connectivity index (χ1) is 6.36. The predicted octanol–water partition coefficient (Wildman–Crippen LogP) is 0.726. The van der Waals surface area contributed by atoms with Crippen LogP contribution in [0, 0.1) is 0 Å². The van der Waals surface area contributed by atoms with Gasteiger partial charge in [-0.15, -0.1) is 0 Å². The monoisotopic (exact) mass is 213 g/mol. The summed E-state index contributed by atoms with van der Waals surface area (Å²) >= 11 is 0. The topological polar surface area (TPSA) is 38.8 Å². The average Bonchev–Trinajstić information content (AvgIpc) is 2.45. The molecule has 0 bridgehead atoms. The number of hydrogen-bond donors (Lipinski definition) is 0. The molecule has 0 N–H and O–H groups in total. The van der Waals surface area contributed by atoms with Crippen LogP contribution in [0.15, 0.2) is 0 Å². The normalized spacial score (nSPS) is 29.2. The molecule has 0 aromatic carbocycles. The molecule has 2 atom stereocenters. The molecule has 0 aromatic heterocycles. The van der Waals surface area contributed by atoms with Crippen LogP contribution < -0.4 is 0 Å². The molecular weight excluding hydrogens is 203 g/mol. The molecule has 0 spiro atoms. The van der Waals surface area contributed by atoms with Crippen LogP contribution in [0.1, 0.15) is 6.42 Å². The summed E-state index contributed by atoms with van der Waals surface area (Å²) in [4.78, 5) is 15.6. The van der Waals surface area contributed by atoms with Gasteiger partial charge in [0.15, 0.2) is 6.10 Å². The van der Waals surface area contributed by atoms with E-state index in [1.165, 1.54) is 0 Å². The minimum Gasteiger partial charge on any atom is -0.467 e. The van der Waals surface area contributed by atoms with Gasteiger partial charge >= 0.3 is 12.1 Å². The highest BCUT2D eigenvalue weighted by Crippen LogP contribution is 2.33. The van der Waals surface area contributed by atoms with Crippen molar-refractivity contribution >= 4 is 5.97 Å². The maximum absolute atomic E-state index is 12.3. The number of hydroxylamine groups is 2. The molecule has 0 radical (unpaired) electrons. The lowest BCUT2D eigenvalue weighted by atomic mass is 10.1. The van der Waals surface area contributed by atoms with Crippen LogP contribution in [0.4, 0.5) is 13.2 Å². The average molecular weight is 213 g/mol. The first-order valence-corrected chi connectivity index (χ1v) is 3.90. The molecule has 1 aliphatic heterocycles. The van der Waals surface area contributed by atoms with E-state index in [-0.39, 0.29) is 0 Å². The molecule has 1 heterocycles. The van der Waals surface area contributed by atoms with Crippen molar-refractivity contribution in [2.75, 3.05) is 14.2 Å². The number of alkyl halides is 3. The maximum atomic E-state index is 12.3. The number of rotatable bonds is 1. The van der Waals surface area contributed by atoms with Gasteiger partial charge in [0.1, 0.15) is 6.04 Å². The summed E-state index contributed by atoms with van der Waals surface area (Å²) in [6.45, 7) is 0. The highest BCUT2D eigenvalue weighted by atomic mass is 19.4. The number of esters is 1. The Labute approximate surface area is 78.5 Å². The summed E-state index contributed by atoms with van der Waals surface area (Å²) in [5.74, 6) is -0.788. The Kier molecular flexibility index (Phi) is 3.01. The molecule has 0 amide bonds. The van der Waals surface area contributed by atoms with E-state index < -0.39 is 30.7 Å². The number of hydrogen-bond acceptors (Lipinski definition) is 4. The van der Waals surface area contributed by atoms with Gasteiger partial charge in [-0.1, -0.05) is 0 Å². The van der Waals surface area contributed by atoms with Crippen LogP contribution in [0.25, 0.3) is 0 Å². The molecule has 1 aliphatic rings. The fourth-order valence-corrected chi connectivity index (χ4v) is 1.28. The van der Waals surface area contributed by atoms with Gasteiger partial charge in [-0.2, -0.15) is 18.2 Å². The second kappa shape index (κ2) is 3.74. The van der Waals surface area contributed by atoms with Gasteiger partial charge in [-0.05, 0) is 0 Å². The second-order valence-corrected chi connectivity index (χ2v) is 2.96. The molecule has 0 saturated carbocycles. The van der Waals surface area contributed by atoms with Crippen molar-refractivity contribution in [2.45, 2.75) is 24.7 Å². The Hall–Kier alpha value is -0.820. The summed E-state index contributed by atoms with van der Waals surface area (Å²) < 4.78 is 41.1. The van der Waals surface area contributed by atoms with E-state index in [0.29, 0.717) is 5.06 Å². The molecule has 0 unspecified atom stereocenters. The van der Waals surface area contributed by atoms with Crippen molar-refractivity contribution in [3.05, 3.63) is 0 Å². The van der Waals surface area contributed by atoms with Crippen LogP contribution in [-0.2, 0) is 14.4 Å². The first kappa shape index (κ1) is 11.3. The van der Waals surface area contributed by atoms with Gasteiger partial charge in [-0.3, -0.25) is 4.84 Å². The van der Waals surface area contributed by atoms with Gasteiger partial charge in [0.05, 0.1) is 7.11 Å². The van der Waals surface area contributed by atoms with Gasteiger partial charge in [0.2, 0.25) is 0 Å². The molecule has 7 heteroatoms. The van der Waals surface area contributed by atoms with Crippen molar-refractivity contribution in [2.24, 2.45) is 0 Å². The number of methoxy groups -OCH3 is 1. The lowest BCUT2D eigenvalue weighted by Gasteiger charge is -2.19. The third kappa shape index (κ3) is 2.16. The number of halogens is 3. The third-order valence-electron chi connectivity index (χ3n) is 2.01. The lowest BCUT2D eigenvalue weighted by molar-refractivity contribution is -0.233. The summed E-state index contributed by atoms with van der Waals surface area (Å²) in [5, 5.41) is 0.640. The molecule has 1 saturated heterocycles. The van der Waals surface area contributed by atoms with E-state index in [4.69, 9.17) is 4.84 Å². The standard InChI is InChI=1S/C7H10F3NO3/c1-11-5(7(8,9)10)3-4(14-11)6(12)13-2/h4-5H,3H2,1-2H3/t4-,5+/m1/s1. The molecule has 0 aromatic rings. The smallest absolute Gasteiger partial charge is 0.406 e. The number of carbonyl (C=O) groups excluding carboxylic acids is 1. The molecule has 82 valence electrons. The fraction of sp³-hybridized carbons (Fsp3) is 0.857. The third-order valence-corrected chi connectivity index (χ3v) is 2.01. The largest absolute Gasteiger partial charge is 0.467 e. The highest BCUT2D eigenvalue weighted by molar-refractivity contribution is 5.74. The van der Waals surface area contributed by atoms with Gasteiger partial charge in [0, 0.05) is 13.5 Å². The molecule has 0 aliphatic carbocycles. The molecule has 1 fully saturated rings. The quantitative estimate of drug-likeness (QED) is 0.602. The van der Waals surface area contributed by atoms with Crippen molar-refractivity contribution in [3.8, 4) is 0 Å². The Morgan fingerprint density at radius 3 is 2.50 bits per heavy atom. The number of ether oxygens (including phenoxy) is 1. The number of nitrogens with zero attached hydrogens (tertiary/aromatic N) is 1. The zero-order valence-electron chi connectivity index (χ0n) is 7.67. The molecular formula is C7H10F3NO3. The van der Waals surface area contributed by atoms with Crippen LogP contribution >= 0.6 is 0 Å². The SMILES string of the molecule is COC(=O)[C@H]1C[C@@H](C(F)(F)F)N(C)O1. The minimum absolute atomic E-state index is 0.424. The summed E-state index contributed by atoms with van der Waals surface area (Å²) in [6.07, 6.45) is -5.97. The van der Waals surface area contributed by atoms with Crippen molar-refractivity contribution in [1.29, 1.82) is 0 Å². The van der Waals surface area contributed by atoms with E-state index in [9.17, 15) is 18.0 Å². The van der Waals surface area contributed by atoms with Crippen molar-refractivity contribution in [3.63, 3.8) is 0 Å². The summed E-state index contributed by atoms with van der Waals surface area (Å²) in [6, 6.07) is -1.74. The van der Waals surface area contributed by atoms with E-state index in [1.54, 1.807) is 0 Å². The van der Waals surface area contributed by atoms with E-state index in [0.717, 1.165) is 14.2 Å². The lowest BCUT2D eigenvalue weighted by Crippen LogP contribution is -2.37.